The van der Waals surface area contributed by atoms with Gasteiger partial charge in [-0.3, -0.25) is 9.48 Å². The quantitative estimate of drug-likeness (QED) is 0.854. The van der Waals surface area contributed by atoms with Crippen molar-refractivity contribution in [3.05, 3.63) is 52.3 Å². The number of benzene rings is 1. The third-order valence-corrected chi connectivity index (χ3v) is 3.77. The number of nitrogens with one attached hydrogen (secondary N) is 1. The van der Waals surface area contributed by atoms with E-state index < -0.39 is 0 Å². The second kappa shape index (κ2) is 7.42. The SMILES string of the molecule is Cc1ccc(C(=O)NCC(CO)Cc2cnn(C)c2)c(Cl)c1. The van der Waals surface area contributed by atoms with Gasteiger partial charge in [0.1, 0.15) is 0 Å². The van der Waals surface area contributed by atoms with Gasteiger partial charge in [0.15, 0.2) is 0 Å². The highest BCUT2D eigenvalue weighted by molar-refractivity contribution is 6.33. The van der Waals surface area contributed by atoms with Crippen molar-refractivity contribution < 1.29 is 9.90 Å². The fraction of sp³-hybridized carbons (Fsp3) is 0.375. The summed E-state index contributed by atoms with van der Waals surface area (Å²) in [6.07, 6.45) is 4.33. The van der Waals surface area contributed by atoms with Gasteiger partial charge >= 0.3 is 0 Å². The Morgan fingerprint density at radius 2 is 2.27 bits per heavy atom. The molecular formula is C16H20ClN3O2. The first-order chi connectivity index (χ1) is 10.5. The standard InChI is InChI=1S/C16H20ClN3O2/c1-11-3-4-14(15(17)5-11)16(22)18-7-13(10-21)6-12-8-19-20(2)9-12/h3-5,8-9,13,21H,6-7,10H2,1-2H3,(H,18,22). The molecule has 2 N–H and O–H groups in total. The Kier molecular flexibility index (Phi) is 5.57. The molecule has 1 aromatic heterocycles. The minimum Gasteiger partial charge on any atom is -0.396 e. The predicted molar refractivity (Wildman–Crippen MR) is 86.0 cm³/mol. The van der Waals surface area contributed by atoms with Crippen LogP contribution in [-0.4, -0.2) is 33.9 Å². The Morgan fingerprint density at radius 3 is 2.86 bits per heavy atom. The van der Waals surface area contributed by atoms with E-state index in [0.29, 0.717) is 23.6 Å². The lowest BCUT2D eigenvalue weighted by Crippen LogP contribution is -2.32. The Bertz CT molecular complexity index is 655. The molecular weight excluding hydrogens is 302 g/mol. The highest BCUT2D eigenvalue weighted by atomic mass is 35.5. The smallest absolute Gasteiger partial charge is 0.252 e. The highest BCUT2D eigenvalue weighted by Crippen LogP contribution is 2.17. The van der Waals surface area contributed by atoms with Crippen molar-refractivity contribution in [2.24, 2.45) is 13.0 Å². The largest absolute Gasteiger partial charge is 0.396 e. The summed E-state index contributed by atoms with van der Waals surface area (Å²) in [5.41, 5.74) is 2.49. The number of hydrogen-bond acceptors (Lipinski definition) is 3. The molecule has 0 aliphatic heterocycles. The Balaban J connectivity index is 1.93. The third kappa shape index (κ3) is 4.32. The topological polar surface area (TPSA) is 67.2 Å². The molecule has 0 saturated heterocycles. The van der Waals surface area contributed by atoms with Gasteiger partial charge in [0.2, 0.25) is 0 Å². The summed E-state index contributed by atoms with van der Waals surface area (Å²) in [7, 11) is 1.85. The van der Waals surface area contributed by atoms with Gasteiger partial charge in [-0.1, -0.05) is 17.7 Å². The van der Waals surface area contributed by atoms with E-state index in [1.54, 1.807) is 23.0 Å². The molecule has 1 aromatic carbocycles. The summed E-state index contributed by atoms with van der Waals surface area (Å²) < 4.78 is 1.72. The Hall–Kier alpha value is -1.85. The van der Waals surface area contributed by atoms with E-state index in [1.807, 2.05) is 26.2 Å². The van der Waals surface area contributed by atoms with Gasteiger partial charge in [-0.25, -0.2) is 0 Å². The summed E-state index contributed by atoms with van der Waals surface area (Å²) in [5.74, 6) is -0.285. The van der Waals surface area contributed by atoms with E-state index in [9.17, 15) is 9.90 Å². The summed E-state index contributed by atoms with van der Waals surface area (Å²) in [6, 6.07) is 5.32. The summed E-state index contributed by atoms with van der Waals surface area (Å²) in [6.45, 7) is 2.30. The fourth-order valence-electron chi connectivity index (χ4n) is 2.25. The number of halogens is 1. The second-order valence-electron chi connectivity index (χ2n) is 5.47. The van der Waals surface area contributed by atoms with Crippen LogP contribution in [0.5, 0.6) is 0 Å². The number of carbonyl (C=O) groups excluding carboxylic acids is 1. The van der Waals surface area contributed by atoms with Crippen molar-refractivity contribution >= 4 is 17.5 Å². The highest BCUT2D eigenvalue weighted by Gasteiger charge is 2.14. The van der Waals surface area contributed by atoms with E-state index >= 15 is 0 Å². The van der Waals surface area contributed by atoms with Gasteiger partial charge in [-0.2, -0.15) is 5.10 Å². The number of aliphatic hydroxyl groups excluding tert-OH is 1. The zero-order chi connectivity index (χ0) is 16.1. The van der Waals surface area contributed by atoms with Crippen LogP contribution < -0.4 is 5.32 Å². The molecule has 0 fully saturated rings. The maximum absolute atomic E-state index is 12.2. The number of aryl methyl sites for hydroxylation is 2. The molecule has 0 aliphatic rings. The molecule has 2 aromatic rings. The van der Waals surface area contributed by atoms with Gasteiger partial charge in [0.05, 0.1) is 16.8 Å². The maximum atomic E-state index is 12.2. The average molecular weight is 322 g/mol. The number of hydrogen-bond donors (Lipinski definition) is 2. The van der Waals surface area contributed by atoms with E-state index in [2.05, 4.69) is 10.4 Å². The van der Waals surface area contributed by atoms with Gasteiger partial charge in [-0.05, 0) is 36.6 Å². The third-order valence-electron chi connectivity index (χ3n) is 3.46. The maximum Gasteiger partial charge on any atom is 0.252 e. The molecule has 22 heavy (non-hydrogen) atoms. The van der Waals surface area contributed by atoms with Crippen LogP contribution in [0.4, 0.5) is 0 Å². The monoisotopic (exact) mass is 321 g/mol. The first kappa shape index (κ1) is 16.5. The van der Waals surface area contributed by atoms with Gasteiger partial charge in [-0.15, -0.1) is 0 Å². The molecule has 1 unspecified atom stereocenters. The van der Waals surface area contributed by atoms with Gasteiger partial charge in [0.25, 0.3) is 5.91 Å². The number of rotatable bonds is 6. The van der Waals surface area contributed by atoms with Crippen molar-refractivity contribution in [2.45, 2.75) is 13.3 Å². The van der Waals surface area contributed by atoms with Crippen molar-refractivity contribution in [1.29, 1.82) is 0 Å². The lowest BCUT2D eigenvalue weighted by molar-refractivity contribution is 0.0940. The molecule has 118 valence electrons. The van der Waals surface area contributed by atoms with Crippen LogP contribution in [0.15, 0.2) is 30.6 Å². The fourth-order valence-corrected chi connectivity index (χ4v) is 2.57. The molecule has 0 spiro atoms. The average Bonchev–Trinajstić information content (AvgIpc) is 2.88. The first-order valence-electron chi connectivity index (χ1n) is 7.12. The molecule has 0 radical (unpaired) electrons. The first-order valence-corrected chi connectivity index (χ1v) is 7.50. The lowest BCUT2D eigenvalue weighted by Gasteiger charge is -2.14. The number of nitrogens with zero attached hydrogens (tertiary/aromatic N) is 2. The molecule has 1 amide bonds. The van der Waals surface area contributed by atoms with Gasteiger partial charge < -0.3 is 10.4 Å². The minimum absolute atomic E-state index is 0.00317. The van der Waals surface area contributed by atoms with Crippen molar-refractivity contribution in [3.8, 4) is 0 Å². The van der Waals surface area contributed by atoms with Crippen LogP contribution in [0.1, 0.15) is 21.5 Å². The summed E-state index contributed by atoms with van der Waals surface area (Å²) in [4.78, 5) is 12.2. The zero-order valence-electron chi connectivity index (χ0n) is 12.7. The Labute approximate surface area is 134 Å². The van der Waals surface area contributed by atoms with Gasteiger partial charge in [0, 0.05) is 32.3 Å². The molecule has 2 rings (SSSR count). The minimum atomic E-state index is -0.227. The molecule has 1 heterocycles. The van der Waals surface area contributed by atoms with E-state index in [4.69, 9.17) is 11.6 Å². The lowest BCUT2D eigenvalue weighted by atomic mass is 10.0. The molecule has 0 aliphatic carbocycles. The second-order valence-corrected chi connectivity index (χ2v) is 5.88. The predicted octanol–water partition coefficient (Wildman–Crippen LogP) is 1.96. The van der Waals surface area contributed by atoms with E-state index in [0.717, 1.165) is 11.1 Å². The van der Waals surface area contributed by atoms with Crippen molar-refractivity contribution in [1.82, 2.24) is 15.1 Å². The molecule has 1 atom stereocenters. The zero-order valence-corrected chi connectivity index (χ0v) is 13.5. The van der Waals surface area contributed by atoms with Crippen molar-refractivity contribution in [3.63, 3.8) is 0 Å². The Morgan fingerprint density at radius 1 is 1.50 bits per heavy atom. The van der Waals surface area contributed by atoms with Crippen LogP contribution in [0.2, 0.25) is 5.02 Å². The number of aliphatic hydroxyl groups is 1. The van der Waals surface area contributed by atoms with Crippen LogP contribution in [-0.2, 0) is 13.5 Å². The van der Waals surface area contributed by atoms with E-state index in [1.165, 1.54) is 0 Å². The normalized spacial score (nSPS) is 12.2. The van der Waals surface area contributed by atoms with Crippen molar-refractivity contribution in [2.75, 3.05) is 13.2 Å². The van der Waals surface area contributed by atoms with Crippen LogP contribution in [0, 0.1) is 12.8 Å². The molecule has 5 nitrogen and oxygen atoms in total. The molecule has 0 saturated carbocycles. The molecule has 6 heteroatoms. The number of carbonyl (C=O) groups is 1. The van der Waals surface area contributed by atoms with Crippen LogP contribution in [0.3, 0.4) is 0 Å². The number of amides is 1. The summed E-state index contributed by atoms with van der Waals surface area (Å²) in [5, 5.41) is 16.8. The van der Waals surface area contributed by atoms with Crippen LogP contribution in [0.25, 0.3) is 0 Å². The molecule has 0 bridgehead atoms. The summed E-state index contributed by atoms with van der Waals surface area (Å²) >= 11 is 6.08. The number of aromatic nitrogens is 2. The van der Waals surface area contributed by atoms with Crippen LogP contribution >= 0.6 is 11.6 Å². The van der Waals surface area contributed by atoms with E-state index in [-0.39, 0.29) is 18.4 Å².